The molecule has 1 saturated heterocycles. The molecule has 0 N–H and O–H groups in total. The predicted octanol–water partition coefficient (Wildman–Crippen LogP) is 7.59. The van der Waals surface area contributed by atoms with Gasteiger partial charge in [-0.05, 0) is 97.1 Å². The molecule has 0 saturated carbocycles. The van der Waals surface area contributed by atoms with Crippen molar-refractivity contribution in [1.82, 2.24) is 0 Å². The molecule has 5 rings (SSSR count). The molecule has 0 bridgehead atoms. The van der Waals surface area contributed by atoms with Crippen LogP contribution in [0.3, 0.4) is 0 Å². The first-order valence-electron chi connectivity index (χ1n) is 12.2. The highest BCUT2D eigenvalue weighted by atomic mass is 15.3. The van der Waals surface area contributed by atoms with Gasteiger partial charge in [0.25, 0.3) is 0 Å². The van der Waals surface area contributed by atoms with E-state index < -0.39 is 0 Å². The molecule has 0 radical (unpaired) electrons. The van der Waals surface area contributed by atoms with E-state index in [0.29, 0.717) is 22.5 Å². The van der Waals surface area contributed by atoms with Crippen LogP contribution in [0.15, 0.2) is 118 Å². The molecule has 1 aliphatic rings. The van der Waals surface area contributed by atoms with Gasteiger partial charge in [0, 0.05) is 37.6 Å². The number of benzene rings is 4. The number of anilines is 2. The van der Waals surface area contributed by atoms with Gasteiger partial charge in [0.2, 0.25) is 0 Å². The first kappa shape index (κ1) is 24.4. The zero-order valence-corrected chi connectivity index (χ0v) is 20.6. The minimum Gasteiger partial charge on any atom is -0.368 e. The van der Waals surface area contributed by atoms with E-state index in [1.54, 1.807) is 48.5 Å². The first-order valence-corrected chi connectivity index (χ1v) is 12.2. The van der Waals surface area contributed by atoms with Crippen LogP contribution < -0.4 is 9.80 Å². The molecule has 184 valence electrons. The summed E-state index contributed by atoms with van der Waals surface area (Å²) in [5.41, 5.74) is 6.54. The summed E-state index contributed by atoms with van der Waals surface area (Å²) >= 11 is 0. The summed E-state index contributed by atoms with van der Waals surface area (Å²) in [5.74, 6) is 0. The van der Waals surface area contributed by atoms with Crippen LogP contribution in [0, 0.1) is 22.7 Å². The Morgan fingerprint density at radius 3 is 0.947 bits per heavy atom. The molecular weight excluding hydrogens is 472 g/mol. The van der Waals surface area contributed by atoms with Gasteiger partial charge in [-0.25, -0.2) is 0 Å². The molecule has 1 fully saturated rings. The van der Waals surface area contributed by atoms with E-state index >= 15 is 0 Å². The Balaban J connectivity index is 1.13. The summed E-state index contributed by atoms with van der Waals surface area (Å²) in [5, 5.41) is 34.9. The van der Waals surface area contributed by atoms with Crippen LogP contribution in [-0.4, -0.2) is 26.2 Å². The van der Waals surface area contributed by atoms with E-state index in [2.05, 4.69) is 66.7 Å². The molecule has 0 unspecified atom stereocenters. The van der Waals surface area contributed by atoms with Crippen LogP contribution in [0.25, 0.3) is 0 Å². The summed E-state index contributed by atoms with van der Waals surface area (Å²) in [4.78, 5) is 4.75. The largest absolute Gasteiger partial charge is 0.368 e. The highest BCUT2D eigenvalue weighted by molar-refractivity contribution is 5.57. The van der Waals surface area contributed by atoms with E-state index in [0.717, 1.165) is 37.6 Å². The molecular formula is C30H24N8. The molecule has 1 aliphatic heterocycles. The second-order valence-electron chi connectivity index (χ2n) is 8.72. The molecule has 38 heavy (non-hydrogen) atoms. The van der Waals surface area contributed by atoms with Crippen molar-refractivity contribution in [2.75, 3.05) is 36.0 Å². The number of hydrogen-bond acceptors (Lipinski definition) is 8. The number of nitriles is 2. The van der Waals surface area contributed by atoms with Gasteiger partial charge in [-0.2, -0.15) is 31.0 Å². The van der Waals surface area contributed by atoms with Gasteiger partial charge in [-0.1, -0.05) is 0 Å². The van der Waals surface area contributed by atoms with E-state index in [-0.39, 0.29) is 0 Å². The predicted molar refractivity (Wildman–Crippen MR) is 148 cm³/mol. The SMILES string of the molecule is N#Cc1ccc(N=Nc2ccc(N3CCN(c4ccc(N=Nc5ccc(C#N)cc5)cc4)CC3)cc2)cc1. The molecule has 4 aromatic rings. The lowest BCUT2D eigenvalue weighted by atomic mass is 10.2. The lowest BCUT2D eigenvalue weighted by Gasteiger charge is -2.37. The minimum absolute atomic E-state index is 0.605. The number of piperazine rings is 1. The Kier molecular flexibility index (Phi) is 7.43. The molecule has 1 heterocycles. The third-order valence-electron chi connectivity index (χ3n) is 6.26. The maximum absolute atomic E-state index is 8.89. The highest BCUT2D eigenvalue weighted by Crippen LogP contribution is 2.26. The lowest BCUT2D eigenvalue weighted by molar-refractivity contribution is 0.653. The van der Waals surface area contributed by atoms with E-state index in [4.69, 9.17) is 10.5 Å². The van der Waals surface area contributed by atoms with Crippen molar-refractivity contribution in [2.24, 2.45) is 20.5 Å². The normalized spacial score (nSPS) is 13.5. The Hall–Kier alpha value is -5.34. The Bertz CT molecular complexity index is 1380. The fraction of sp³-hybridized carbons (Fsp3) is 0.133. The van der Waals surface area contributed by atoms with E-state index in [9.17, 15) is 0 Å². The van der Waals surface area contributed by atoms with Crippen molar-refractivity contribution >= 4 is 34.1 Å². The van der Waals surface area contributed by atoms with Crippen molar-refractivity contribution < 1.29 is 0 Å². The van der Waals surface area contributed by atoms with Crippen molar-refractivity contribution in [1.29, 1.82) is 10.5 Å². The van der Waals surface area contributed by atoms with Crippen molar-refractivity contribution in [2.45, 2.75) is 0 Å². The summed E-state index contributed by atoms with van der Waals surface area (Å²) in [7, 11) is 0. The van der Waals surface area contributed by atoms with Crippen LogP contribution in [0.4, 0.5) is 34.1 Å². The molecule has 4 aromatic carbocycles. The molecule has 0 aromatic heterocycles. The van der Waals surface area contributed by atoms with Gasteiger partial charge in [0.1, 0.15) is 0 Å². The zero-order valence-electron chi connectivity index (χ0n) is 20.6. The van der Waals surface area contributed by atoms with Gasteiger partial charge < -0.3 is 9.80 Å². The van der Waals surface area contributed by atoms with Crippen molar-refractivity contribution in [3.63, 3.8) is 0 Å². The van der Waals surface area contributed by atoms with Crippen molar-refractivity contribution in [3.8, 4) is 12.1 Å². The number of rotatable bonds is 6. The maximum atomic E-state index is 8.89. The molecule has 0 amide bonds. The standard InChI is InChI=1S/C30H24N8/c31-21-23-1-5-25(6-2-23)33-35-27-9-13-29(14-10-27)37-17-19-38(20-18-37)30-15-11-28(12-16-30)36-34-26-7-3-24(22-32)4-8-26/h1-16H,17-20H2. The fourth-order valence-corrected chi connectivity index (χ4v) is 4.12. The van der Waals surface area contributed by atoms with Crippen LogP contribution >= 0.6 is 0 Å². The highest BCUT2D eigenvalue weighted by Gasteiger charge is 2.17. The zero-order chi connectivity index (χ0) is 26.2. The Morgan fingerprint density at radius 2 is 0.684 bits per heavy atom. The second kappa shape index (κ2) is 11.6. The maximum Gasteiger partial charge on any atom is 0.0991 e. The topological polar surface area (TPSA) is 104 Å². The molecule has 0 aliphatic carbocycles. The Labute approximate surface area is 221 Å². The van der Waals surface area contributed by atoms with Crippen LogP contribution in [0.5, 0.6) is 0 Å². The quantitative estimate of drug-likeness (QED) is 0.256. The molecule has 8 nitrogen and oxygen atoms in total. The minimum atomic E-state index is 0.605. The summed E-state index contributed by atoms with van der Waals surface area (Å²) in [6.45, 7) is 3.69. The van der Waals surface area contributed by atoms with E-state index in [1.165, 1.54) is 11.4 Å². The van der Waals surface area contributed by atoms with Gasteiger partial charge in [-0.3, -0.25) is 0 Å². The average molecular weight is 497 g/mol. The summed E-state index contributed by atoms with van der Waals surface area (Å²) in [6, 6.07) is 34.5. The van der Waals surface area contributed by atoms with Crippen LogP contribution in [0.1, 0.15) is 11.1 Å². The molecule has 8 heteroatoms. The fourth-order valence-electron chi connectivity index (χ4n) is 4.12. The summed E-state index contributed by atoms with van der Waals surface area (Å²) < 4.78 is 0. The first-order chi connectivity index (χ1) is 18.7. The van der Waals surface area contributed by atoms with Gasteiger partial charge in [0.05, 0.1) is 46.0 Å². The Morgan fingerprint density at radius 1 is 0.421 bits per heavy atom. The van der Waals surface area contributed by atoms with Crippen molar-refractivity contribution in [3.05, 3.63) is 108 Å². The number of nitrogens with zero attached hydrogens (tertiary/aromatic N) is 8. The lowest BCUT2D eigenvalue weighted by Crippen LogP contribution is -2.46. The third kappa shape index (κ3) is 6.07. The number of azo groups is 2. The summed E-state index contributed by atoms with van der Waals surface area (Å²) in [6.07, 6.45) is 0. The smallest absolute Gasteiger partial charge is 0.0991 e. The third-order valence-corrected chi connectivity index (χ3v) is 6.26. The number of hydrogen-bond donors (Lipinski definition) is 0. The average Bonchev–Trinajstić information content (AvgIpc) is 3.00. The molecule has 0 spiro atoms. The van der Waals surface area contributed by atoms with Gasteiger partial charge >= 0.3 is 0 Å². The monoisotopic (exact) mass is 496 g/mol. The molecule has 0 atom stereocenters. The van der Waals surface area contributed by atoms with Crippen LogP contribution in [-0.2, 0) is 0 Å². The second-order valence-corrected chi connectivity index (χ2v) is 8.72. The van der Waals surface area contributed by atoms with Gasteiger partial charge in [-0.15, -0.1) is 0 Å². The van der Waals surface area contributed by atoms with Crippen LogP contribution in [0.2, 0.25) is 0 Å². The van der Waals surface area contributed by atoms with E-state index in [1.807, 2.05) is 24.3 Å². The van der Waals surface area contributed by atoms with Gasteiger partial charge in [0.15, 0.2) is 0 Å².